The molecule has 1 heterocycles. The minimum absolute atomic E-state index is 0.202. The van der Waals surface area contributed by atoms with Gasteiger partial charge in [0.05, 0.1) is 21.6 Å². The van der Waals surface area contributed by atoms with Crippen LogP contribution in [0.4, 0.5) is 4.39 Å². The van der Waals surface area contributed by atoms with Gasteiger partial charge in [0, 0.05) is 10.6 Å². The number of imidazole rings is 1. The molecular weight excluding hydrogens is 374 g/mol. The molecule has 6 heteroatoms. The highest BCUT2D eigenvalue weighted by Gasteiger charge is 2.13. The molecule has 3 aromatic carbocycles. The van der Waals surface area contributed by atoms with E-state index in [9.17, 15) is 4.39 Å². The van der Waals surface area contributed by atoms with Crippen molar-refractivity contribution < 1.29 is 9.13 Å². The Bertz CT molecular complexity index is 1060. The summed E-state index contributed by atoms with van der Waals surface area (Å²) in [5.41, 5.74) is 3.22. The lowest BCUT2D eigenvalue weighted by Gasteiger charge is -2.11. The third kappa shape index (κ3) is 3.39. The summed E-state index contributed by atoms with van der Waals surface area (Å²) < 4.78 is 19.1. The van der Waals surface area contributed by atoms with E-state index in [4.69, 9.17) is 27.9 Å². The highest BCUT2D eigenvalue weighted by molar-refractivity contribution is 6.31. The zero-order chi connectivity index (χ0) is 18.1. The molecule has 0 radical (unpaired) electrons. The van der Waals surface area contributed by atoms with E-state index in [0.29, 0.717) is 27.2 Å². The van der Waals surface area contributed by atoms with Crippen LogP contribution in [0.1, 0.15) is 5.56 Å². The van der Waals surface area contributed by atoms with Crippen molar-refractivity contribution in [3.63, 3.8) is 0 Å². The van der Waals surface area contributed by atoms with Gasteiger partial charge in [-0.1, -0.05) is 41.4 Å². The maximum Gasteiger partial charge on any atom is 0.142 e. The Morgan fingerprint density at radius 1 is 1.00 bits per heavy atom. The first-order chi connectivity index (χ1) is 12.6. The number of nitrogens with zero attached hydrogens (tertiary/aromatic N) is 1. The van der Waals surface area contributed by atoms with E-state index in [1.165, 1.54) is 12.1 Å². The molecule has 1 N–H and O–H groups in total. The van der Waals surface area contributed by atoms with Gasteiger partial charge in [0.1, 0.15) is 24.0 Å². The maximum atomic E-state index is 13.2. The van der Waals surface area contributed by atoms with Gasteiger partial charge in [0.2, 0.25) is 0 Å². The van der Waals surface area contributed by atoms with E-state index in [-0.39, 0.29) is 12.4 Å². The Kier molecular flexibility index (Phi) is 4.53. The lowest BCUT2D eigenvalue weighted by molar-refractivity contribution is 0.307. The van der Waals surface area contributed by atoms with Gasteiger partial charge in [-0.15, -0.1) is 0 Å². The lowest BCUT2D eigenvalue weighted by Crippen LogP contribution is -1.99. The Morgan fingerprint density at radius 3 is 2.65 bits per heavy atom. The molecule has 0 aliphatic rings. The molecule has 0 aliphatic heterocycles. The Hall–Kier alpha value is -2.56. The van der Waals surface area contributed by atoms with E-state index >= 15 is 0 Å². The zero-order valence-corrected chi connectivity index (χ0v) is 15.0. The minimum atomic E-state index is -0.381. The summed E-state index contributed by atoms with van der Waals surface area (Å²) in [6.07, 6.45) is 0. The summed E-state index contributed by atoms with van der Waals surface area (Å²) in [4.78, 5) is 7.87. The number of ether oxygens (including phenoxy) is 1. The number of fused-ring (bicyclic) bond motifs is 1. The van der Waals surface area contributed by atoms with E-state index < -0.39 is 0 Å². The van der Waals surface area contributed by atoms with Crippen molar-refractivity contribution in [2.24, 2.45) is 0 Å². The van der Waals surface area contributed by atoms with E-state index in [0.717, 1.165) is 16.6 Å². The molecule has 0 unspecified atom stereocenters. The molecule has 4 rings (SSSR count). The largest absolute Gasteiger partial charge is 0.488 e. The topological polar surface area (TPSA) is 37.9 Å². The molecule has 0 saturated heterocycles. The van der Waals surface area contributed by atoms with Gasteiger partial charge in [-0.25, -0.2) is 9.37 Å². The fourth-order valence-electron chi connectivity index (χ4n) is 2.69. The van der Waals surface area contributed by atoms with Gasteiger partial charge in [-0.3, -0.25) is 0 Å². The van der Waals surface area contributed by atoms with Crippen molar-refractivity contribution in [2.75, 3.05) is 0 Å². The van der Waals surface area contributed by atoms with Gasteiger partial charge in [-0.2, -0.15) is 0 Å². The molecule has 3 nitrogen and oxygen atoms in total. The second kappa shape index (κ2) is 6.98. The van der Waals surface area contributed by atoms with Crippen LogP contribution in [-0.4, -0.2) is 9.97 Å². The first-order valence-corrected chi connectivity index (χ1v) is 8.67. The number of benzene rings is 3. The first kappa shape index (κ1) is 16.9. The monoisotopic (exact) mass is 386 g/mol. The molecule has 0 fully saturated rings. The fraction of sp³-hybridized carbons (Fsp3) is 0.0500. The third-order valence-electron chi connectivity index (χ3n) is 3.98. The lowest BCUT2D eigenvalue weighted by atomic mass is 10.2. The van der Waals surface area contributed by atoms with Crippen LogP contribution in [0.15, 0.2) is 60.7 Å². The van der Waals surface area contributed by atoms with Crippen LogP contribution in [0.25, 0.3) is 22.4 Å². The van der Waals surface area contributed by atoms with Crippen molar-refractivity contribution in [3.8, 4) is 17.1 Å². The molecule has 0 aliphatic carbocycles. The molecule has 4 aromatic rings. The van der Waals surface area contributed by atoms with E-state index in [2.05, 4.69) is 9.97 Å². The summed E-state index contributed by atoms with van der Waals surface area (Å²) >= 11 is 12.2. The van der Waals surface area contributed by atoms with Gasteiger partial charge in [0.25, 0.3) is 0 Å². The number of halogens is 3. The molecule has 130 valence electrons. The highest BCUT2D eigenvalue weighted by Crippen LogP contribution is 2.33. The Balaban J connectivity index is 1.68. The van der Waals surface area contributed by atoms with Crippen LogP contribution in [0.2, 0.25) is 10.0 Å². The quantitative estimate of drug-likeness (QED) is 0.449. The number of H-pyrrole nitrogens is 1. The molecule has 0 spiro atoms. The normalized spacial score (nSPS) is 11.0. The maximum absolute atomic E-state index is 13.2. The molecule has 26 heavy (non-hydrogen) atoms. The van der Waals surface area contributed by atoms with Gasteiger partial charge >= 0.3 is 0 Å². The molecule has 0 saturated carbocycles. The number of hydrogen-bond acceptors (Lipinski definition) is 2. The molecule has 0 bridgehead atoms. The van der Waals surface area contributed by atoms with Crippen molar-refractivity contribution in [1.82, 2.24) is 9.97 Å². The average molecular weight is 387 g/mol. The minimum Gasteiger partial charge on any atom is -0.488 e. The van der Waals surface area contributed by atoms with Crippen LogP contribution in [0, 0.1) is 5.82 Å². The molecule has 0 amide bonds. The van der Waals surface area contributed by atoms with Crippen molar-refractivity contribution in [2.45, 2.75) is 6.61 Å². The third-order valence-corrected chi connectivity index (χ3v) is 4.57. The van der Waals surface area contributed by atoms with Crippen molar-refractivity contribution in [3.05, 3.63) is 82.1 Å². The standard InChI is InChI=1S/C20H13Cl2FN2O/c21-13-6-8-19(26-11-12-5-7-14(23)10-16(12)22)15(9-13)20-24-17-3-1-2-4-18(17)25-20/h1-10H,11H2,(H,24,25). The predicted octanol–water partition coefficient (Wildman–Crippen LogP) is 6.25. The highest BCUT2D eigenvalue weighted by atomic mass is 35.5. The number of aromatic amines is 1. The van der Waals surface area contributed by atoms with Crippen molar-refractivity contribution >= 4 is 34.2 Å². The number of aromatic nitrogens is 2. The first-order valence-electron chi connectivity index (χ1n) is 7.91. The van der Waals surface area contributed by atoms with Crippen LogP contribution in [0.3, 0.4) is 0 Å². The van der Waals surface area contributed by atoms with Crippen molar-refractivity contribution in [1.29, 1.82) is 0 Å². The SMILES string of the molecule is Fc1ccc(COc2ccc(Cl)cc2-c2nc3ccccc3[nH]2)c(Cl)c1. The Labute approximate surface area is 159 Å². The summed E-state index contributed by atoms with van der Waals surface area (Å²) in [5.74, 6) is 0.885. The number of hydrogen-bond donors (Lipinski definition) is 1. The zero-order valence-electron chi connectivity index (χ0n) is 13.5. The van der Waals surface area contributed by atoms with Crippen LogP contribution < -0.4 is 4.74 Å². The van der Waals surface area contributed by atoms with Crippen LogP contribution in [-0.2, 0) is 6.61 Å². The van der Waals surface area contributed by atoms with Gasteiger partial charge < -0.3 is 9.72 Å². The van der Waals surface area contributed by atoms with Gasteiger partial charge in [0.15, 0.2) is 0 Å². The fourth-order valence-corrected chi connectivity index (χ4v) is 3.08. The molecule has 0 atom stereocenters. The number of nitrogens with one attached hydrogen (secondary N) is 1. The average Bonchev–Trinajstić information content (AvgIpc) is 3.06. The summed E-state index contributed by atoms with van der Waals surface area (Å²) in [6, 6.07) is 17.3. The smallest absolute Gasteiger partial charge is 0.142 e. The summed E-state index contributed by atoms with van der Waals surface area (Å²) in [6.45, 7) is 0.202. The number of rotatable bonds is 4. The van der Waals surface area contributed by atoms with E-state index in [1.54, 1.807) is 24.3 Å². The van der Waals surface area contributed by atoms with Gasteiger partial charge in [-0.05, 0) is 42.5 Å². The van der Waals surface area contributed by atoms with Crippen LogP contribution in [0.5, 0.6) is 5.75 Å². The Morgan fingerprint density at radius 2 is 1.85 bits per heavy atom. The molecule has 1 aromatic heterocycles. The molecular formula is C20H13Cl2FN2O. The van der Waals surface area contributed by atoms with E-state index in [1.807, 2.05) is 24.3 Å². The predicted molar refractivity (Wildman–Crippen MR) is 102 cm³/mol. The number of para-hydroxylation sites is 2. The van der Waals surface area contributed by atoms with Crippen LogP contribution >= 0.6 is 23.2 Å². The summed E-state index contributed by atoms with van der Waals surface area (Å²) in [5, 5.41) is 0.900. The summed E-state index contributed by atoms with van der Waals surface area (Å²) in [7, 11) is 0. The second-order valence-corrected chi connectivity index (χ2v) is 6.61. The second-order valence-electron chi connectivity index (χ2n) is 5.77.